The average molecular weight is 463 g/mol. The lowest BCUT2D eigenvalue weighted by Crippen LogP contribution is -2.15. The van der Waals surface area contributed by atoms with E-state index in [1.807, 2.05) is 12.1 Å². The Balaban J connectivity index is 2.54. The Bertz CT molecular complexity index is 335. The van der Waals surface area contributed by atoms with Gasteiger partial charge in [-0.15, -0.1) is 0 Å². The molecule has 1 rings (SSSR count). The van der Waals surface area contributed by atoms with Crippen LogP contribution in [-0.2, 0) is 0 Å². The van der Waals surface area contributed by atoms with E-state index in [-0.39, 0.29) is 0 Å². The molecule has 0 aliphatic carbocycles. The summed E-state index contributed by atoms with van der Waals surface area (Å²) in [5.41, 5.74) is 0. The van der Waals surface area contributed by atoms with Gasteiger partial charge < -0.3 is 9.64 Å². The van der Waals surface area contributed by atoms with E-state index in [9.17, 15) is 0 Å². The monoisotopic (exact) mass is 461 g/mol. The molecule has 0 aliphatic heterocycles. The molecule has 90 valence electrons. The molecule has 0 atom stereocenters. The molecule has 2 nitrogen and oxygen atoms in total. The Labute approximate surface area is 127 Å². The highest BCUT2D eigenvalue weighted by atomic mass is 127. The molecule has 0 bridgehead atoms. The number of nitrogens with zero attached hydrogens (tertiary/aromatic N) is 1. The summed E-state index contributed by atoms with van der Waals surface area (Å²) in [6.45, 7) is 1.77. The number of hydrogen-bond donors (Lipinski definition) is 0. The molecule has 0 aliphatic rings. The number of hydrogen-bond acceptors (Lipinski definition) is 2. The highest BCUT2D eigenvalue weighted by Gasteiger charge is 2.07. The molecule has 0 radical (unpaired) electrons. The fourth-order valence-corrected chi connectivity index (χ4v) is 4.12. The van der Waals surface area contributed by atoms with Crippen molar-refractivity contribution in [1.82, 2.24) is 4.90 Å². The average Bonchev–Trinajstić information content (AvgIpc) is 2.14. The first-order valence-corrected chi connectivity index (χ1v) is 7.59. The third-order valence-corrected chi connectivity index (χ3v) is 3.76. The minimum absolute atomic E-state index is 0.732. The van der Waals surface area contributed by atoms with Gasteiger partial charge in [-0.05, 0) is 87.1 Å². The van der Waals surface area contributed by atoms with Gasteiger partial charge in [0, 0.05) is 10.1 Å². The molecule has 0 heterocycles. The van der Waals surface area contributed by atoms with E-state index in [2.05, 4.69) is 73.4 Å². The van der Waals surface area contributed by atoms with Crippen LogP contribution >= 0.6 is 54.5 Å². The van der Waals surface area contributed by atoms with Crippen molar-refractivity contribution in [2.75, 3.05) is 27.2 Å². The van der Waals surface area contributed by atoms with Gasteiger partial charge in [-0.25, -0.2) is 0 Å². The lowest BCUT2D eigenvalue weighted by Gasteiger charge is -2.12. The maximum absolute atomic E-state index is 5.75. The first-order chi connectivity index (χ1) is 7.50. The predicted molar refractivity (Wildman–Crippen MR) is 83.2 cm³/mol. The summed E-state index contributed by atoms with van der Waals surface area (Å²) >= 11 is 9.30. The Morgan fingerprint density at radius 3 is 2.31 bits per heavy atom. The van der Waals surface area contributed by atoms with Crippen molar-refractivity contribution in [3.8, 4) is 5.75 Å². The van der Waals surface area contributed by atoms with Crippen LogP contribution in [0.4, 0.5) is 0 Å². The van der Waals surface area contributed by atoms with E-state index >= 15 is 0 Å². The fraction of sp³-hybridized carbons (Fsp3) is 0.455. The summed E-state index contributed by atoms with van der Waals surface area (Å²) in [6, 6.07) is 4.10. The highest BCUT2D eigenvalue weighted by molar-refractivity contribution is 14.1. The summed E-state index contributed by atoms with van der Waals surface area (Å²) in [4.78, 5) is 2.15. The van der Waals surface area contributed by atoms with Gasteiger partial charge in [0.05, 0.1) is 15.6 Å². The Kier molecular flexibility index (Phi) is 6.61. The summed E-state index contributed by atoms with van der Waals surface area (Å²) in [5, 5.41) is 0. The number of benzene rings is 1. The SMILES string of the molecule is CN(C)CCCOc1c(Br)cc(I)cc1Br. The van der Waals surface area contributed by atoms with Crippen molar-refractivity contribution in [1.29, 1.82) is 0 Å². The van der Waals surface area contributed by atoms with Crippen molar-refractivity contribution in [3.05, 3.63) is 24.6 Å². The van der Waals surface area contributed by atoms with Crippen molar-refractivity contribution >= 4 is 54.5 Å². The van der Waals surface area contributed by atoms with E-state index < -0.39 is 0 Å². The Morgan fingerprint density at radius 1 is 1.25 bits per heavy atom. The molecule has 1 aromatic rings. The zero-order chi connectivity index (χ0) is 12.1. The van der Waals surface area contributed by atoms with Crippen LogP contribution in [0.2, 0.25) is 0 Å². The third kappa shape index (κ3) is 4.89. The first kappa shape index (κ1) is 14.7. The normalized spacial score (nSPS) is 10.9. The van der Waals surface area contributed by atoms with Gasteiger partial charge in [-0.1, -0.05) is 0 Å². The van der Waals surface area contributed by atoms with Crippen LogP contribution in [0.5, 0.6) is 5.75 Å². The van der Waals surface area contributed by atoms with Gasteiger partial charge in [-0.3, -0.25) is 0 Å². The van der Waals surface area contributed by atoms with Gasteiger partial charge in [0.15, 0.2) is 0 Å². The minimum Gasteiger partial charge on any atom is -0.491 e. The molecule has 0 aromatic heterocycles. The molecule has 0 N–H and O–H groups in total. The van der Waals surface area contributed by atoms with Gasteiger partial charge in [-0.2, -0.15) is 0 Å². The van der Waals surface area contributed by atoms with E-state index in [1.165, 1.54) is 3.57 Å². The highest BCUT2D eigenvalue weighted by Crippen LogP contribution is 2.35. The molecule has 0 saturated carbocycles. The van der Waals surface area contributed by atoms with E-state index in [4.69, 9.17) is 4.74 Å². The number of halogens is 3. The van der Waals surface area contributed by atoms with Crippen molar-refractivity contribution in [3.63, 3.8) is 0 Å². The molecule has 0 amide bonds. The van der Waals surface area contributed by atoms with Crippen LogP contribution in [-0.4, -0.2) is 32.1 Å². The van der Waals surface area contributed by atoms with Crippen LogP contribution in [0, 0.1) is 3.57 Å². The second-order valence-electron chi connectivity index (χ2n) is 3.70. The van der Waals surface area contributed by atoms with Crippen molar-refractivity contribution in [2.24, 2.45) is 0 Å². The topological polar surface area (TPSA) is 12.5 Å². The third-order valence-electron chi connectivity index (χ3n) is 1.96. The molecular formula is C11H14Br2INO. The minimum atomic E-state index is 0.732. The lowest BCUT2D eigenvalue weighted by molar-refractivity contribution is 0.279. The molecule has 0 unspecified atom stereocenters. The smallest absolute Gasteiger partial charge is 0.147 e. The van der Waals surface area contributed by atoms with Crippen LogP contribution in [0.25, 0.3) is 0 Å². The summed E-state index contributed by atoms with van der Waals surface area (Å²) in [7, 11) is 4.13. The van der Waals surface area contributed by atoms with Gasteiger partial charge in [0.2, 0.25) is 0 Å². The number of ether oxygens (including phenoxy) is 1. The standard InChI is InChI=1S/C11H14Br2INO/c1-15(2)4-3-5-16-11-9(12)6-8(14)7-10(11)13/h6-7H,3-5H2,1-2H3. The zero-order valence-electron chi connectivity index (χ0n) is 9.27. The van der Waals surface area contributed by atoms with E-state index in [1.54, 1.807) is 0 Å². The van der Waals surface area contributed by atoms with Gasteiger partial charge in [0.25, 0.3) is 0 Å². The molecular weight excluding hydrogens is 449 g/mol. The van der Waals surface area contributed by atoms with Crippen molar-refractivity contribution < 1.29 is 4.74 Å². The summed E-state index contributed by atoms with van der Waals surface area (Å²) in [6.07, 6.45) is 1.03. The molecule has 0 fully saturated rings. The second kappa shape index (κ2) is 7.18. The van der Waals surface area contributed by atoms with Crippen molar-refractivity contribution in [2.45, 2.75) is 6.42 Å². The van der Waals surface area contributed by atoms with Crippen LogP contribution in [0.15, 0.2) is 21.1 Å². The summed E-state index contributed by atoms with van der Waals surface area (Å²) < 4.78 is 8.92. The van der Waals surface area contributed by atoms with Crippen LogP contribution < -0.4 is 4.74 Å². The summed E-state index contributed by atoms with van der Waals surface area (Å²) in [5.74, 6) is 0.888. The van der Waals surface area contributed by atoms with Crippen LogP contribution in [0.1, 0.15) is 6.42 Å². The van der Waals surface area contributed by atoms with Gasteiger partial charge in [0.1, 0.15) is 5.75 Å². The molecule has 5 heteroatoms. The first-order valence-electron chi connectivity index (χ1n) is 4.93. The molecule has 16 heavy (non-hydrogen) atoms. The van der Waals surface area contributed by atoms with E-state index in [0.717, 1.165) is 34.3 Å². The van der Waals surface area contributed by atoms with Gasteiger partial charge >= 0.3 is 0 Å². The molecule has 1 aromatic carbocycles. The number of rotatable bonds is 5. The quantitative estimate of drug-likeness (QED) is 0.481. The zero-order valence-corrected chi connectivity index (χ0v) is 14.6. The van der Waals surface area contributed by atoms with E-state index in [0.29, 0.717) is 0 Å². The lowest BCUT2D eigenvalue weighted by atomic mass is 10.3. The largest absolute Gasteiger partial charge is 0.491 e. The van der Waals surface area contributed by atoms with Crippen LogP contribution in [0.3, 0.4) is 0 Å². The predicted octanol–water partition coefficient (Wildman–Crippen LogP) is 4.15. The maximum Gasteiger partial charge on any atom is 0.147 e. The maximum atomic E-state index is 5.75. The Morgan fingerprint density at radius 2 is 1.81 bits per heavy atom. The second-order valence-corrected chi connectivity index (χ2v) is 6.66. The Hall–Kier alpha value is 0.670. The molecule has 0 spiro atoms. The molecule has 0 saturated heterocycles. The fourth-order valence-electron chi connectivity index (χ4n) is 1.22.